The minimum absolute atomic E-state index is 0.0931. The first-order valence-corrected chi connectivity index (χ1v) is 10.7. The third-order valence-corrected chi connectivity index (χ3v) is 8.27. The van der Waals surface area contributed by atoms with E-state index in [0.717, 1.165) is 38.5 Å². The standard InChI is InChI=1S/C22H32O5/c1-12(23)26-15-5-7-16-14(10-15)4-6-18-17(16)8-9-22(3)19(18)11-20(25)21(22)27-13(2)24/h14-19,21H,4-11H2,1-3H3. The average molecular weight is 376 g/mol. The van der Waals surface area contributed by atoms with Gasteiger partial charge in [-0.05, 0) is 74.5 Å². The highest BCUT2D eigenvalue weighted by Gasteiger charge is 2.61. The van der Waals surface area contributed by atoms with E-state index in [2.05, 4.69) is 6.92 Å². The van der Waals surface area contributed by atoms with Crippen LogP contribution in [0.2, 0.25) is 0 Å². The molecule has 5 heteroatoms. The highest BCUT2D eigenvalue weighted by Crippen LogP contribution is 2.62. The second-order valence-electron chi connectivity index (χ2n) is 9.68. The lowest BCUT2D eigenvalue weighted by Crippen LogP contribution is -2.50. The van der Waals surface area contributed by atoms with Gasteiger partial charge in [0.15, 0.2) is 11.9 Å². The van der Waals surface area contributed by atoms with Gasteiger partial charge in [0, 0.05) is 25.7 Å². The van der Waals surface area contributed by atoms with E-state index in [-0.39, 0.29) is 29.2 Å². The molecule has 150 valence electrons. The minimum atomic E-state index is -0.543. The van der Waals surface area contributed by atoms with E-state index in [4.69, 9.17) is 9.47 Å². The average Bonchev–Trinajstić information content (AvgIpc) is 2.85. The molecule has 0 spiro atoms. The Balaban J connectivity index is 1.49. The predicted molar refractivity (Wildman–Crippen MR) is 98.6 cm³/mol. The molecule has 4 aliphatic carbocycles. The number of hydrogen-bond acceptors (Lipinski definition) is 5. The van der Waals surface area contributed by atoms with Crippen molar-refractivity contribution in [3.05, 3.63) is 0 Å². The molecule has 0 amide bonds. The maximum absolute atomic E-state index is 12.7. The smallest absolute Gasteiger partial charge is 0.303 e. The zero-order chi connectivity index (χ0) is 19.3. The van der Waals surface area contributed by atoms with Gasteiger partial charge in [0.25, 0.3) is 0 Å². The van der Waals surface area contributed by atoms with Crippen LogP contribution in [0.25, 0.3) is 0 Å². The van der Waals surface area contributed by atoms with E-state index in [9.17, 15) is 14.4 Å². The lowest BCUT2D eigenvalue weighted by atomic mass is 9.50. The summed E-state index contributed by atoms with van der Waals surface area (Å²) in [5.41, 5.74) is -0.189. The quantitative estimate of drug-likeness (QED) is 0.688. The number of carbonyl (C=O) groups is 3. The van der Waals surface area contributed by atoms with Crippen molar-refractivity contribution in [3.8, 4) is 0 Å². The second kappa shape index (κ2) is 6.89. The first-order chi connectivity index (χ1) is 12.8. The fourth-order valence-corrected chi connectivity index (χ4v) is 7.27. The van der Waals surface area contributed by atoms with Gasteiger partial charge < -0.3 is 9.47 Å². The van der Waals surface area contributed by atoms with Crippen molar-refractivity contribution in [1.82, 2.24) is 0 Å². The molecule has 8 unspecified atom stereocenters. The number of esters is 2. The van der Waals surface area contributed by atoms with Crippen molar-refractivity contribution in [3.63, 3.8) is 0 Å². The van der Waals surface area contributed by atoms with Crippen molar-refractivity contribution >= 4 is 17.7 Å². The molecule has 0 heterocycles. The van der Waals surface area contributed by atoms with Gasteiger partial charge in [-0.2, -0.15) is 0 Å². The van der Waals surface area contributed by atoms with Crippen molar-refractivity contribution in [2.45, 2.75) is 84.3 Å². The predicted octanol–water partition coefficient (Wildman–Crippen LogP) is 3.68. The van der Waals surface area contributed by atoms with E-state index in [1.807, 2.05) is 0 Å². The highest BCUT2D eigenvalue weighted by molar-refractivity contribution is 5.89. The number of Topliss-reactive ketones (excluding diaryl/α,β-unsaturated/α-hetero) is 1. The normalized spacial score (nSPS) is 46.0. The van der Waals surface area contributed by atoms with Crippen LogP contribution in [0.1, 0.15) is 72.1 Å². The maximum Gasteiger partial charge on any atom is 0.303 e. The fourth-order valence-electron chi connectivity index (χ4n) is 7.27. The third kappa shape index (κ3) is 3.21. The zero-order valence-electron chi connectivity index (χ0n) is 16.7. The van der Waals surface area contributed by atoms with Crippen LogP contribution in [0.5, 0.6) is 0 Å². The zero-order valence-corrected chi connectivity index (χ0v) is 16.7. The molecule has 0 aromatic rings. The molecule has 0 bridgehead atoms. The topological polar surface area (TPSA) is 69.7 Å². The Kier molecular flexibility index (Phi) is 4.84. The van der Waals surface area contributed by atoms with Crippen LogP contribution in [-0.4, -0.2) is 29.9 Å². The lowest BCUT2D eigenvalue weighted by Gasteiger charge is -2.55. The molecule has 0 aliphatic heterocycles. The summed E-state index contributed by atoms with van der Waals surface area (Å²) >= 11 is 0. The molecular weight excluding hydrogens is 344 g/mol. The molecule has 0 radical (unpaired) electrons. The number of ether oxygens (including phenoxy) is 2. The number of fused-ring (bicyclic) bond motifs is 5. The molecular formula is C22H32O5. The van der Waals surface area contributed by atoms with Gasteiger partial charge in [0.2, 0.25) is 0 Å². The van der Waals surface area contributed by atoms with Crippen molar-refractivity contribution in [2.75, 3.05) is 0 Å². The third-order valence-electron chi connectivity index (χ3n) is 8.27. The van der Waals surface area contributed by atoms with E-state index in [1.165, 1.54) is 20.3 Å². The molecule has 0 aromatic heterocycles. The minimum Gasteiger partial charge on any atom is -0.463 e. The SMILES string of the molecule is CC(=O)OC1CCC2C(CCC3C2CCC2(C)C(OC(C)=O)C(=O)CC32)C1. The Hall–Kier alpha value is -1.39. The highest BCUT2D eigenvalue weighted by atomic mass is 16.5. The Bertz CT molecular complexity index is 643. The van der Waals surface area contributed by atoms with Crippen molar-refractivity contribution in [1.29, 1.82) is 0 Å². The molecule has 4 saturated carbocycles. The Morgan fingerprint density at radius 3 is 2.33 bits per heavy atom. The molecule has 8 atom stereocenters. The summed E-state index contributed by atoms with van der Waals surface area (Å²) in [6, 6.07) is 0. The summed E-state index contributed by atoms with van der Waals surface area (Å²) in [4.78, 5) is 35.5. The monoisotopic (exact) mass is 376 g/mol. The van der Waals surface area contributed by atoms with Crippen LogP contribution in [0.4, 0.5) is 0 Å². The van der Waals surface area contributed by atoms with Crippen LogP contribution in [-0.2, 0) is 23.9 Å². The summed E-state index contributed by atoms with van der Waals surface area (Å²) in [6.07, 6.45) is 7.65. The van der Waals surface area contributed by atoms with E-state index in [1.54, 1.807) is 0 Å². The van der Waals surface area contributed by atoms with E-state index >= 15 is 0 Å². The molecule has 4 aliphatic rings. The first-order valence-electron chi connectivity index (χ1n) is 10.7. The molecule has 0 aromatic carbocycles. The van der Waals surface area contributed by atoms with Crippen molar-refractivity contribution < 1.29 is 23.9 Å². The van der Waals surface area contributed by atoms with Gasteiger partial charge >= 0.3 is 11.9 Å². The number of hydrogen-bond donors (Lipinski definition) is 0. The van der Waals surface area contributed by atoms with Gasteiger partial charge in [-0.3, -0.25) is 14.4 Å². The largest absolute Gasteiger partial charge is 0.463 e. The van der Waals surface area contributed by atoms with Gasteiger partial charge in [0.05, 0.1) is 0 Å². The van der Waals surface area contributed by atoms with Gasteiger partial charge in [-0.25, -0.2) is 0 Å². The Labute approximate surface area is 161 Å². The van der Waals surface area contributed by atoms with Crippen LogP contribution < -0.4 is 0 Å². The van der Waals surface area contributed by atoms with E-state index < -0.39 is 6.10 Å². The molecule has 4 fully saturated rings. The van der Waals surface area contributed by atoms with Gasteiger partial charge in [-0.15, -0.1) is 0 Å². The first kappa shape index (κ1) is 18.9. The Morgan fingerprint density at radius 2 is 1.63 bits per heavy atom. The molecule has 0 saturated heterocycles. The van der Waals surface area contributed by atoms with Crippen LogP contribution in [0.3, 0.4) is 0 Å². The summed E-state index contributed by atoms with van der Waals surface area (Å²) in [7, 11) is 0. The number of ketones is 1. The lowest BCUT2D eigenvalue weighted by molar-refractivity contribution is -0.163. The molecule has 5 nitrogen and oxygen atoms in total. The molecule has 27 heavy (non-hydrogen) atoms. The Morgan fingerprint density at radius 1 is 0.926 bits per heavy atom. The summed E-state index contributed by atoms with van der Waals surface area (Å²) in [5.74, 6) is 2.55. The van der Waals surface area contributed by atoms with Gasteiger partial charge in [-0.1, -0.05) is 6.92 Å². The second-order valence-corrected chi connectivity index (χ2v) is 9.68. The van der Waals surface area contributed by atoms with Crippen LogP contribution >= 0.6 is 0 Å². The van der Waals surface area contributed by atoms with Crippen LogP contribution in [0.15, 0.2) is 0 Å². The van der Waals surface area contributed by atoms with Gasteiger partial charge in [0.1, 0.15) is 6.10 Å². The summed E-state index contributed by atoms with van der Waals surface area (Å²) in [5, 5.41) is 0. The van der Waals surface area contributed by atoms with Crippen LogP contribution in [0, 0.1) is 35.0 Å². The van der Waals surface area contributed by atoms with E-state index in [0.29, 0.717) is 36.0 Å². The van der Waals surface area contributed by atoms with Crippen molar-refractivity contribution in [2.24, 2.45) is 35.0 Å². The summed E-state index contributed by atoms with van der Waals surface area (Å²) in [6.45, 7) is 5.08. The molecule has 0 N–H and O–H groups in total. The summed E-state index contributed by atoms with van der Waals surface area (Å²) < 4.78 is 11.0. The fraction of sp³-hybridized carbons (Fsp3) is 0.864. The number of carbonyl (C=O) groups excluding carboxylic acids is 3. The maximum atomic E-state index is 12.7. The number of rotatable bonds is 2. The molecule has 4 rings (SSSR count).